The van der Waals surface area contributed by atoms with Crippen molar-refractivity contribution in [1.29, 1.82) is 0 Å². The molecule has 0 atom stereocenters. The van der Waals surface area contributed by atoms with E-state index in [0.29, 0.717) is 17.5 Å². The molecule has 0 aliphatic heterocycles. The summed E-state index contributed by atoms with van der Waals surface area (Å²) in [6, 6.07) is 0. The second-order valence-corrected chi connectivity index (χ2v) is 5.91. The average molecular weight is 274 g/mol. The number of nitrogens with zero attached hydrogens (tertiary/aromatic N) is 3. The maximum atomic E-state index is 12.5. The molecule has 0 bridgehead atoms. The molecule has 0 unspecified atom stereocenters. The van der Waals surface area contributed by atoms with Crippen molar-refractivity contribution < 1.29 is 4.79 Å². The largest absolute Gasteiger partial charge is 0.369 e. The highest BCUT2D eigenvalue weighted by atomic mass is 16.2. The van der Waals surface area contributed by atoms with Crippen molar-refractivity contribution in [2.45, 2.75) is 32.6 Å². The minimum absolute atomic E-state index is 0.0411. The first-order valence-corrected chi connectivity index (χ1v) is 7.61. The molecule has 1 amide bonds. The Morgan fingerprint density at radius 1 is 1.20 bits per heavy atom. The summed E-state index contributed by atoms with van der Waals surface area (Å²) in [6.07, 6.45) is 8.29. The Kier molecular flexibility index (Phi) is 3.85. The average Bonchev–Trinajstić information content (AvgIpc) is 3.34. The number of hydrogen-bond donors (Lipinski definition) is 1. The Morgan fingerprint density at radius 2 is 1.85 bits per heavy atom. The van der Waals surface area contributed by atoms with Gasteiger partial charge in [0.15, 0.2) is 0 Å². The van der Waals surface area contributed by atoms with Gasteiger partial charge in [-0.25, -0.2) is 9.97 Å². The Labute approximate surface area is 119 Å². The highest BCUT2D eigenvalue weighted by Crippen LogP contribution is 2.34. The van der Waals surface area contributed by atoms with Crippen LogP contribution in [0.4, 0.5) is 5.82 Å². The number of hydrogen-bond acceptors (Lipinski definition) is 4. The van der Waals surface area contributed by atoms with Gasteiger partial charge in [0.25, 0.3) is 5.91 Å². The normalized spacial score (nSPS) is 17.9. The molecule has 3 rings (SSSR count). The molecule has 5 heteroatoms. The zero-order chi connectivity index (χ0) is 13.9. The number of carbonyl (C=O) groups is 1. The van der Waals surface area contributed by atoms with Crippen molar-refractivity contribution in [3.8, 4) is 0 Å². The lowest BCUT2D eigenvalue weighted by Gasteiger charge is -2.22. The molecule has 0 radical (unpaired) electrons. The lowest BCUT2D eigenvalue weighted by molar-refractivity contribution is 0.0733. The third kappa shape index (κ3) is 3.46. The summed E-state index contributed by atoms with van der Waals surface area (Å²) in [4.78, 5) is 23.0. The molecule has 2 aliphatic rings. The van der Waals surface area contributed by atoms with Crippen molar-refractivity contribution in [2.75, 3.05) is 25.0 Å². The third-order valence-electron chi connectivity index (χ3n) is 3.87. The van der Waals surface area contributed by atoms with Crippen LogP contribution in [0, 0.1) is 11.8 Å². The Balaban J connectivity index is 1.66. The zero-order valence-corrected chi connectivity index (χ0v) is 12.0. The molecule has 108 valence electrons. The summed E-state index contributed by atoms with van der Waals surface area (Å²) in [7, 11) is 0. The third-order valence-corrected chi connectivity index (χ3v) is 3.87. The van der Waals surface area contributed by atoms with E-state index < -0.39 is 0 Å². The van der Waals surface area contributed by atoms with Crippen LogP contribution < -0.4 is 5.32 Å². The monoisotopic (exact) mass is 274 g/mol. The molecule has 1 N–H and O–H groups in total. The molecule has 1 aromatic heterocycles. The van der Waals surface area contributed by atoms with Gasteiger partial charge in [0.1, 0.15) is 11.5 Å². The topological polar surface area (TPSA) is 58.1 Å². The van der Waals surface area contributed by atoms with Crippen LogP contribution in [-0.2, 0) is 0 Å². The van der Waals surface area contributed by atoms with Crippen molar-refractivity contribution in [3.05, 3.63) is 18.1 Å². The van der Waals surface area contributed by atoms with E-state index in [9.17, 15) is 4.79 Å². The molecule has 1 aromatic rings. The van der Waals surface area contributed by atoms with E-state index in [4.69, 9.17) is 0 Å². The summed E-state index contributed by atoms with van der Waals surface area (Å²) in [5, 5.41) is 3.09. The fraction of sp³-hybridized carbons (Fsp3) is 0.667. The minimum Gasteiger partial charge on any atom is -0.369 e. The molecule has 2 fully saturated rings. The first-order valence-electron chi connectivity index (χ1n) is 7.61. The summed E-state index contributed by atoms with van der Waals surface area (Å²) < 4.78 is 0. The van der Waals surface area contributed by atoms with Gasteiger partial charge in [-0.3, -0.25) is 4.79 Å². The van der Waals surface area contributed by atoms with Gasteiger partial charge in [0.2, 0.25) is 0 Å². The van der Waals surface area contributed by atoms with E-state index in [1.165, 1.54) is 25.7 Å². The van der Waals surface area contributed by atoms with E-state index in [0.717, 1.165) is 25.5 Å². The fourth-order valence-electron chi connectivity index (χ4n) is 2.34. The van der Waals surface area contributed by atoms with Crippen molar-refractivity contribution >= 4 is 11.7 Å². The van der Waals surface area contributed by atoms with Crippen LogP contribution in [0.1, 0.15) is 43.1 Å². The van der Waals surface area contributed by atoms with E-state index in [2.05, 4.69) is 15.3 Å². The van der Waals surface area contributed by atoms with E-state index >= 15 is 0 Å². The highest BCUT2D eigenvalue weighted by Gasteiger charge is 2.32. The molecule has 0 spiro atoms. The molecule has 20 heavy (non-hydrogen) atoms. The predicted octanol–water partition coefficient (Wildman–Crippen LogP) is 2.17. The Hall–Kier alpha value is -1.65. The second kappa shape index (κ2) is 5.77. The van der Waals surface area contributed by atoms with E-state index in [-0.39, 0.29) is 5.91 Å². The number of aromatic nitrogens is 2. The SMILES string of the molecule is CCNc1cnc(C(=O)N(CC2CC2)CC2CC2)cn1. The minimum atomic E-state index is 0.0411. The molecule has 2 saturated carbocycles. The van der Waals surface area contributed by atoms with Crippen LogP contribution in [0.25, 0.3) is 0 Å². The first kappa shape index (κ1) is 13.3. The molecule has 1 heterocycles. The van der Waals surface area contributed by atoms with Crippen molar-refractivity contribution in [1.82, 2.24) is 14.9 Å². The molecule has 0 aromatic carbocycles. The van der Waals surface area contributed by atoms with Crippen molar-refractivity contribution in [3.63, 3.8) is 0 Å². The number of rotatable bonds is 7. The molecule has 5 nitrogen and oxygen atoms in total. The molecule has 0 saturated heterocycles. The van der Waals surface area contributed by atoms with Crippen LogP contribution in [-0.4, -0.2) is 40.4 Å². The second-order valence-electron chi connectivity index (χ2n) is 5.91. The standard InChI is InChI=1S/C15H22N4O/c1-2-16-14-8-17-13(7-18-14)15(20)19(9-11-3-4-11)10-12-5-6-12/h7-8,11-12H,2-6,9-10H2,1H3,(H,16,18). The number of carbonyl (C=O) groups excluding carboxylic acids is 1. The molecular formula is C15H22N4O. The summed E-state index contributed by atoms with van der Waals surface area (Å²) in [6.45, 7) is 4.60. The van der Waals surface area contributed by atoms with Crippen LogP contribution in [0.5, 0.6) is 0 Å². The van der Waals surface area contributed by atoms with Gasteiger partial charge < -0.3 is 10.2 Å². The summed E-state index contributed by atoms with van der Waals surface area (Å²) in [5.74, 6) is 2.19. The zero-order valence-electron chi connectivity index (χ0n) is 12.0. The maximum absolute atomic E-state index is 12.5. The van der Waals surface area contributed by atoms with Gasteiger partial charge in [-0.15, -0.1) is 0 Å². The number of anilines is 1. The van der Waals surface area contributed by atoms with Crippen molar-refractivity contribution in [2.24, 2.45) is 11.8 Å². The van der Waals surface area contributed by atoms with Crippen LogP contribution >= 0.6 is 0 Å². The van der Waals surface area contributed by atoms with Gasteiger partial charge in [0, 0.05) is 19.6 Å². The molecule has 2 aliphatic carbocycles. The maximum Gasteiger partial charge on any atom is 0.274 e. The van der Waals surface area contributed by atoms with Crippen LogP contribution in [0.3, 0.4) is 0 Å². The summed E-state index contributed by atoms with van der Waals surface area (Å²) in [5.41, 5.74) is 0.466. The number of amides is 1. The summed E-state index contributed by atoms with van der Waals surface area (Å²) >= 11 is 0. The Bertz CT molecular complexity index is 451. The van der Waals surface area contributed by atoms with Gasteiger partial charge in [0.05, 0.1) is 12.4 Å². The van der Waals surface area contributed by atoms with Crippen LogP contribution in [0.2, 0.25) is 0 Å². The van der Waals surface area contributed by atoms with Gasteiger partial charge in [-0.1, -0.05) is 0 Å². The highest BCUT2D eigenvalue weighted by molar-refractivity contribution is 5.92. The van der Waals surface area contributed by atoms with E-state index in [1.54, 1.807) is 12.4 Å². The predicted molar refractivity (Wildman–Crippen MR) is 77.5 cm³/mol. The number of nitrogens with one attached hydrogen (secondary N) is 1. The smallest absolute Gasteiger partial charge is 0.274 e. The lowest BCUT2D eigenvalue weighted by atomic mass is 10.2. The van der Waals surface area contributed by atoms with Gasteiger partial charge in [-0.05, 0) is 44.4 Å². The molecular weight excluding hydrogens is 252 g/mol. The van der Waals surface area contributed by atoms with Crippen LogP contribution in [0.15, 0.2) is 12.4 Å². The lowest BCUT2D eigenvalue weighted by Crippen LogP contribution is -2.35. The van der Waals surface area contributed by atoms with Gasteiger partial charge in [-0.2, -0.15) is 0 Å². The Morgan fingerprint density at radius 3 is 2.30 bits per heavy atom. The fourth-order valence-corrected chi connectivity index (χ4v) is 2.34. The first-order chi connectivity index (χ1) is 9.76. The quantitative estimate of drug-likeness (QED) is 0.828. The van der Waals surface area contributed by atoms with Gasteiger partial charge >= 0.3 is 0 Å². The van der Waals surface area contributed by atoms with E-state index in [1.807, 2.05) is 11.8 Å².